The summed E-state index contributed by atoms with van der Waals surface area (Å²) in [6.45, 7) is 1.92. The highest BCUT2D eigenvalue weighted by Gasteiger charge is 2.02. The largest absolute Gasteiger partial charge is 0.331 e. The van der Waals surface area contributed by atoms with Crippen LogP contribution in [0.2, 0.25) is 5.02 Å². The molecule has 20 heavy (non-hydrogen) atoms. The van der Waals surface area contributed by atoms with Gasteiger partial charge in [0.05, 0.1) is 6.21 Å². The zero-order chi connectivity index (χ0) is 14.4. The fourth-order valence-electron chi connectivity index (χ4n) is 1.51. The smallest absolute Gasteiger partial charge is 0.191 e. The van der Waals surface area contributed by atoms with E-state index < -0.39 is 0 Å². The second-order valence-electron chi connectivity index (χ2n) is 4.02. The van der Waals surface area contributed by atoms with Gasteiger partial charge in [-0.1, -0.05) is 17.7 Å². The van der Waals surface area contributed by atoms with Gasteiger partial charge in [0.25, 0.3) is 0 Å². The molecule has 0 saturated heterocycles. The monoisotopic (exact) mass is 304 g/mol. The van der Waals surface area contributed by atoms with Gasteiger partial charge in [-0.2, -0.15) is 5.10 Å². The molecule has 4 nitrogen and oxygen atoms in total. The summed E-state index contributed by atoms with van der Waals surface area (Å²) >= 11 is 11.2. The first kappa shape index (κ1) is 14.4. The van der Waals surface area contributed by atoms with Crippen molar-refractivity contribution in [1.29, 1.82) is 0 Å². The normalized spacial score (nSPS) is 10.5. The summed E-state index contributed by atoms with van der Waals surface area (Å²) in [4.78, 5) is 3.93. The van der Waals surface area contributed by atoms with Gasteiger partial charge in [0.15, 0.2) is 5.11 Å². The van der Waals surface area contributed by atoms with Crippen molar-refractivity contribution in [1.82, 2.24) is 10.4 Å². The van der Waals surface area contributed by atoms with Gasteiger partial charge in [-0.05, 0) is 54.5 Å². The van der Waals surface area contributed by atoms with Crippen LogP contribution in [-0.2, 0) is 0 Å². The predicted molar refractivity (Wildman–Crippen MR) is 87.4 cm³/mol. The van der Waals surface area contributed by atoms with E-state index in [1.54, 1.807) is 18.6 Å². The van der Waals surface area contributed by atoms with E-state index >= 15 is 0 Å². The average molecular weight is 305 g/mol. The van der Waals surface area contributed by atoms with Crippen molar-refractivity contribution >= 4 is 40.8 Å². The Labute approximate surface area is 127 Å². The Kier molecular flexibility index (Phi) is 5.03. The van der Waals surface area contributed by atoms with Gasteiger partial charge in [0, 0.05) is 23.1 Å². The standard InChI is InChI=1S/C14H13ClN4S/c1-10-12(15)3-2-4-13(10)18-14(20)19-17-9-11-5-7-16-8-6-11/h2-9H,1H3,(H2,18,19,20)/b17-9+. The summed E-state index contributed by atoms with van der Waals surface area (Å²) in [6.07, 6.45) is 5.07. The summed E-state index contributed by atoms with van der Waals surface area (Å²) in [7, 11) is 0. The van der Waals surface area contributed by atoms with Gasteiger partial charge in [0.2, 0.25) is 0 Å². The number of rotatable bonds is 3. The number of aromatic nitrogens is 1. The molecule has 6 heteroatoms. The molecular weight excluding hydrogens is 292 g/mol. The molecule has 0 amide bonds. The lowest BCUT2D eigenvalue weighted by atomic mass is 10.2. The highest BCUT2D eigenvalue weighted by atomic mass is 35.5. The number of thiocarbonyl (C=S) groups is 1. The van der Waals surface area contributed by atoms with Crippen molar-refractivity contribution in [3.05, 3.63) is 58.9 Å². The minimum absolute atomic E-state index is 0.403. The Morgan fingerprint density at radius 1 is 1.30 bits per heavy atom. The second kappa shape index (κ2) is 6.98. The van der Waals surface area contributed by atoms with Crippen LogP contribution in [-0.4, -0.2) is 16.3 Å². The summed E-state index contributed by atoms with van der Waals surface area (Å²) in [5.41, 5.74) is 5.49. The quantitative estimate of drug-likeness (QED) is 0.518. The molecule has 2 rings (SSSR count). The third-order valence-electron chi connectivity index (χ3n) is 2.60. The minimum atomic E-state index is 0.403. The van der Waals surface area contributed by atoms with Gasteiger partial charge in [0.1, 0.15) is 0 Å². The summed E-state index contributed by atoms with van der Waals surface area (Å²) in [5.74, 6) is 0. The van der Waals surface area contributed by atoms with Crippen LogP contribution in [0.15, 0.2) is 47.8 Å². The van der Waals surface area contributed by atoms with E-state index in [0.717, 1.165) is 16.8 Å². The number of halogens is 1. The lowest BCUT2D eigenvalue weighted by Gasteiger charge is -2.10. The number of hydrazone groups is 1. The van der Waals surface area contributed by atoms with Crippen molar-refractivity contribution in [2.24, 2.45) is 5.10 Å². The van der Waals surface area contributed by atoms with E-state index in [9.17, 15) is 0 Å². The summed E-state index contributed by atoms with van der Waals surface area (Å²) in [6, 6.07) is 9.30. The molecule has 0 bridgehead atoms. The molecule has 1 heterocycles. The Balaban J connectivity index is 1.93. The number of nitrogens with zero attached hydrogens (tertiary/aromatic N) is 2. The number of hydrogen-bond acceptors (Lipinski definition) is 3. The fourth-order valence-corrected chi connectivity index (χ4v) is 1.85. The molecule has 0 saturated carbocycles. The highest BCUT2D eigenvalue weighted by Crippen LogP contribution is 2.22. The number of pyridine rings is 1. The zero-order valence-corrected chi connectivity index (χ0v) is 12.4. The van der Waals surface area contributed by atoms with E-state index in [-0.39, 0.29) is 0 Å². The first-order valence-corrected chi connectivity index (χ1v) is 6.70. The molecule has 0 unspecified atom stereocenters. The van der Waals surface area contributed by atoms with Crippen LogP contribution in [0.3, 0.4) is 0 Å². The Bertz CT molecular complexity index is 628. The third kappa shape index (κ3) is 4.01. The van der Waals surface area contributed by atoms with Gasteiger partial charge in [-0.15, -0.1) is 0 Å². The lowest BCUT2D eigenvalue weighted by molar-refractivity contribution is 1.05. The molecular formula is C14H13ClN4S. The molecule has 1 aromatic carbocycles. The first-order chi connectivity index (χ1) is 9.66. The van der Waals surface area contributed by atoms with Crippen molar-refractivity contribution in [3.8, 4) is 0 Å². The van der Waals surface area contributed by atoms with Gasteiger partial charge in [-0.25, -0.2) is 0 Å². The third-order valence-corrected chi connectivity index (χ3v) is 3.20. The molecule has 0 fully saturated rings. The van der Waals surface area contributed by atoms with Crippen LogP contribution >= 0.6 is 23.8 Å². The van der Waals surface area contributed by atoms with E-state index in [4.69, 9.17) is 23.8 Å². The number of hydrogen-bond donors (Lipinski definition) is 2. The number of benzene rings is 1. The van der Waals surface area contributed by atoms with E-state index in [0.29, 0.717) is 10.1 Å². The Morgan fingerprint density at radius 2 is 2.05 bits per heavy atom. The average Bonchev–Trinajstić information content (AvgIpc) is 2.45. The Morgan fingerprint density at radius 3 is 2.80 bits per heavy atom. The SMILES string of the molecule is Cc1c(Cl)cccc1NC(=S)N/N=C/c1ccncc1. The van der Waals surface area contributed by atoms with Crippen LogP contribution in [0.1, 0.15) is 11.1 Å². The fraction of sp³-hybridized carbons (Fsp3) is 0.0714. The van der Waals surface area contributed by atoms with Gasteiger partial charge >= 0.3 is 0 Å². The van der Waals surface area contributed by atoms with E-state index in [1.807, 2.05) is 37.3 Å². The van der Waals surface area contributed by atoms with E-state index in [2.05, 4.69) is 20.8 Å². The van der Waals surface area contributed by atoms with Crippen LogP contribution in [0.25, 0.3) is 0 Å². The lowest BCUT2D eigenvalue weighted by Crippen LogP contribution is -2.24. The first-order valence-electron chi connectivity index (χ1n) is 5.92. The molecule has 0 aliphatic rings. The molecule has 0 radical (unpaired) electrons. The topological polar surface area (TPSA) is 49.3 Å². The molecule has 0 aliphatic heterocycles. The van der Waals surface area contributed by atoms with Crippen molar-refractivity contribution in [2.45, 2.75) is 6.92 Å². The molecule has 0 atom stereocenters. The van der Waals surface area contributed by atoms with Crippen molar-refractivity contribution in [3.63, 3.8) is 0 Å². The summed E-state index contributed by atoms with van der Waals surface area (Å²) in [5, 5.41) is 8.19. The maximum Gasteiger partial charge on any atom is 0.191 e. The second-order valence-corrected chi connectivity index (χ2v) is 4.83. The van der Waals surface area contributed by atoms with Crippen LogP contribution < -0.4 is 10.7 Å². The summed E-state index contributed by atoms with van der Waals surface area (Å²) < 4.78 is 0. The van der Waals surface area contributed by atoms with E-state index in [1.165, 1.54) is 0 Å². The van der Waals surface area contributed by atoms with Crippen molar-refractivity contribution < 1.29 is 0 Å². The molecule has 2 N–H and O–H groups in total. The number of nitrogens with one attached hydrogen (secondary N) is 2. The molecule has 0 aliphatic carbocycles. The van der Waals surface area contributed by atoms with Crippen LogP contribution in [0.5, 0.6) is 0 Å². The molecule has 2 aromatic rings. The zero-order valence-electron chi connectivity index (χ0n) is 10.8. The molecule has 0 spiro atoms. The van der Waals surface area contributed by atoms with Crippen LogP contribution in [0, 0.1) is 6.92 Å². The predicted octanol–water partition coefficient (Wildman–Crippen LogP) is 3.36. The minimum Gasteiger partial charge on any atom is -0.331 e. The molecule has 1 aromatic heterocycles. The van der Waals surface area contributed by atoms with Crippen LogP contribution in [0.4, 0.5) is 5.69 Å². The number of anilines is 1. The maximum absolute atomic E-state index is 6.04. The van der Waals surface area contributed by atoms with Gasteiger partial charge < -0.3 is 5.32 Å². The van der Waals surface area contributed by atoms with Gasteiger partial charge in [-0.3, -0.25) is 10.4 Å². The maximum atomic E-state index is 6.04. The Hall–Kier alpha value is -1.98. The highest BCUT2D eigenvalue weighted by molar-refractivity contribution is 7.80. The van der Waals surface area contributed by atoms with Crippen molar-refractivity contribution in [2.75, 3.05) is 5.32 Å². The molecule has 102 valence electrons.